The van der Waals surface area contributed by atoms with Gasteiger partial charge in [-0.1, -0.05) is 24.3 Å². The number of aromatic nitrogens is 2. The van der Waals surface area contributed by atoms with Crippen LogP contribution in [0.1, 0.15) is 11.1 Å². The Morgan fingerprint density at radius 1 is 0.377 bits per heavy atom. The maximum absolute atomic E-state index is 14.9. The summed E-state index contributed by atoms with van der Waals surface area (Å²) in [5, 5.41) is -2.68. The molecule has 12 nitrogen and oxygen atoms in total. The van der Waals surface area contributed by atoms with E-state index >= 15 is 0 Å². The molecular weight excluding hydrogens is 722 g/mol. The Kier molecular flexibility index (Phi) is 6.59. The summed E-state index contributed by atoms with van der Waals surface area (Å²) in [6.45, 7) is 0. The number of rotatable bonds is 4. The Morgan fingerprint density at radius 3 is 0.849 bits per heavy atom. The first-order valence-corrected chi connectivity index (χ1v) is 14.9. The fourth-order valence-corrected chi connectivity index (χ4v) is 6.81. The molecule has 0 spiro atoms. The minimum absolute atomic E-state index is 0.312. The van der Waals surface area contributed by atoms with Crippen molar-refractivity contribution >= 4 is 43.1 Å². The van der Waals surface area contributed by atoms with Gasteiger partial charge in [-0.15, -0.1) is 0 Å². The second-order valence-electron chi connectivity index (χ2n) is 12.0. The van der Waals surface area contributed by atoms with Crippen LogP contribution in [0.2, 0.25) is 0 Å². The Bertz CT molecular complexity index is 2940. The van der Waals surface area contributed by atoms with Crippen LogP contribution in [0.3, 0.4) is 0 Å². The van der Waals surface area contributed by atoms with Crippen LogP contribution in [-0.4, -0.2) is 21.5 Å². The van der Waals surface area contributed by atoms with Crippen LogP contribution in [0.15, 0.2) is 120 Å². The molecular formula is C35H12F6N2O10. The van der Waals surface area contributed by atoms with Gasteiger partial charge in [-0.05, 0) is 59.7 Å². The van der Waals surface area contributed by atoms with E-state index in [1.54, 1.807) is 0 Å². The topological polar surface area (TPSA) is 173 Å². The minimum atomic E-state index is -6.08. The number of hydrogen-bond donors (Lipinski definition) is 0. The highest BCUT2D eigenvalue weighted by Gasteiger charge is 2.72. The predicted octanol–water partition coefficient (Wildman–Crippen LogP) is 3.11. The normalized spacial score (nSPS) is 12.9. The summed E-state index contributed by atoms with van der Waals surface area (Å²) >= 11 is 0. The third-order valence-corrected chi connectivity index (χ3v) is 9.27. The van der Waals surface area contributed by atoms with Gasteiger partial charge in [-0.2, -0.15) is 26.3 Å². The molecule has 0 saturated heterocycles. The molecule has 18 heteroatoms. The van der Waals surface area contributed by atoms with Gasteiger partial charge in [-0.25, -0.2) is 28.3 Å². The first-order chi connectivity index (χ1) is 24.9. The summed E-state index contributed by atoms with van der Waals surface area (Å²) in [7, 11) is 0. The molecule has 0 aliphatic rings. The van der Waals surface area contributed by atoms with Gasteiger partial charge in [-0.3, -0.25) is 19.2 Å². The number of fused-ring (bicyclic) bond motifs is 4. The molecule has 0 saturated carbocycles. The molecule has 0 fully saturated rings. The van der Waals surface area contributed by atoms with E-state index in [2.05, 4.69) is 8.83 Å². The summed E-state index contributed by atoms with van der Waals surface area (Å²) in [5.74, 6) is 0. The second-order valence-corrected chi connectivity index (χ2v) is 12.0. The van der Waals surface area contributed by atoms with Gasteiger partial charge < -0.3 is 8.83 Å². The van der Waals surface area contributed by atoms with Gasteiger partial charge in [0.05, 0.1) is 54.5 Å². The van der Waals surface area contributed by atoms with Crippen LogP contribution in [-0.2, 0) is 5.41 Å². The van der Waals surface area contributed by atoms with Crippen LogP contribution in [0.4, 0.5) is 26.3 Å². The molecule has 4 aromatic heterocycles. The summed E-state index contributed by atoms with van der Waals surface area (Å²) < 4.78 is 99.3. The number of benzene rings is 4. The SMILES string of the molecule is O=c1oc(=O)c2cc3c(=O)n(-c4ccc(C(c5ccc(-n6c(=O)c7cc8c(=O)oc(=O)c8cc7c6=O)cc5)(C(F)(F)F)C(F)(F)F)cc4)c(=O)c3cc12. The van der Waals surface area contributed by atoms with E-state index < -0.39 is 85.0 Å². The smallest absolute Gasteiger partial charge is 0.386 e. The highest BCUT2D eigenvalue weighted by Crippen LogP contribution is 2.56. The lowest BCUT2D eigenvalue weighted by molar-refractivity contribution is -0.288. The largest absolute Gasteiger partial charge is 0.411 e. The van der Waals surface area contributed by atoms with E-state index in [9.17, 15) is 64.7 Å². The van der Waals surface area contributed by atoms with Gasteiger partial charge >= 0.3 is 34.9 Å². The Balaban J connectivity index is 1.26. The fourth-order valence-electron chi connectivity index (χ4n) is 6.81. The molecule has 0 bridgehead atoms. The average molecular weight is 734 g/mol. The zero-order valence-electron chi connectivity index (χ0n) is 25.7. The van der Waals surface area contributed by atoms with Crippen molar-refractivity contribution in [3.63, 3.8) is 0 Å². The van der Waals surface area contributed by atoms with Gasteiger partial charge in [0.2, 0.25) is 5.41 Å². The average Bonchev–Trinajstić information content (AvgIpc) is 3.72. The lowest BCUT2D eigenvalue weighted by Crippen LogP contribution is -2.54. The van der Waals surface area contributed by atoms with Gasteiger partial charge in [0, 0.05) is 0 Å². The molecule has 264 valence electrons. The second kappa shape index (κ2) is 10.5. The molecule has 4 heterocycles. The van der Waals surface area contributed by atoms with Crippen LogP contribution in [0.5, 0.6) is 0 Å². The zero-order valence-corrected chi connectivity index (χ0v) is 25.7. The Hall–Kier alpha value is -6.98. The number of alkyl halides is 6. The Labute approximate surface area is 283 Å². The van der Waals surface area contributed by atoms with Crippen LogP contribution < -0.4 is 44.7 Å². The Morgan fingerprint density at radius 2 is 0.623 bits per heavy atom. The van der Waals surface area contributed by atoms with Gasteiger partial charge in [0.1, 0.15) is 0 Å². The highest BCUT2D eigenvalue weighted by atomic mass is 19.4. The van der Waals surface area contributed by atoms with Crippen molar-refractivity contribution < 1.29 is 35.2 Å². The van der Waals surface area contributed by atoms with Crippen molar-refractivity contribution in [3.05, 3.63) is 167 Å². The minimum Gasteiger partial charge on any atom is -0.386 e. The molecule has 0 amide bonds. The monoisotopic (exact) mass is 734 g/mol. The summed E-state index contributed by atoms with van der Waals surface area (Å²) in [5.41, 5.74) is -17.0. The van der Waals surface area contributed by atoms with E-state index in [0.717, 1.165) is 24.3 Å². The number of hydrogen-bond acceptors (Lipinski definition) is 10. The van der Waals surface area contributed by atoms with E-state index in [0.29, 0.717) is 57.7 Å². The molecule has 0 aliphatic heterocycles. The lowest BCUT2D eigenvalue weighted by atomic mass is 9.73. The molecule has 0 radical (unpaired) electrons. The van der Waals surface area contributed by atoms with E-state index in [1.807, 2.05) is 0 Å². The number of furan rings is 2. The standard InChI is InChI=1S/C35H12F6N2O10/c36-34(37,38)33(35(39,40)41,13-1-5-15(6-2-13)42-25(44)17-9-21-22(10-18(17)26(42)45)30(49)52-29(21)48)14-3-7-16(8-4-14)43-27(46)19-11-23-24(12-20(19)28(43)47)32(51)53-31(23)50/h1-12H. The van der Waals surface area contributed by atoms with Crippen LogP contribution in [0, 0.1) is 0 Å². The zero-order chi connectivity index (χ0) is 38.1. The molecule has 4 aromatic carbocycles. The molecule has 0 unspecified atom stereocenters. The van der Waals surface area contributed by atoms with E-state index in [1.165, 1.54) is 0 Å². The predicted molar refractivity (Wildman–Crippen MR) is 174 cm³/mol. The molecule has 0 N–H and O–H groups in total. The van der Waals surface area contributed by atoms with E-state index in [-0.39, 0.29) is 43.1 Å². The van der Waals surface area contributed by atoms with Crippen molar-refractivity contribution in [2.75, 3.05) is 0 Å². The van der Waals surface area contributed by atoms with Crippen molar-refractivity contribution in [3.8, 4) is 11.4 Å². The molecule has 8 aromatic rings. The summed E-state index contributed by atoms with van der Waals surface area (Å²) in [6.07, 6.45) is -12.2. The number of halogens is 6. The van der Waals surface area contributed by atoms with Crippen molar-refractivity contribution in [1.82, 2.24) is 9.13 Å². The van der Waals surface area contributed by atoms with Crippen molar-refractivity contribution in [1.29, 1.82) is 0 Å². The first-order valence-electron chi connectivity index (χ1n) is 14.9. The molecule has 0 aliphatic carbocycles. The third-order valence-electron chi connectivity index (χ3n) is 9.27. The third kappa shape index (κ3) is 4.31. The quantitative estimate of drug-likeness (QED) is 0.245. The summed E-state index contributed by atoms with van der Waals surface area (Å²) in [6, 6.07) is 8.13. The maximum atomic E-state index is 14.9. The van der Waals surface area contributed by atoms with Gasteiger partial charge in [0.15, 0.2) is 0 Å². The number of nitrogens with zero attached hydrogens (tertiary/aromatic N) is 2. The highest BCUT2D eigenvalue weighted by molar-refractivity contribution is 5.98. The van der Waals surface area contributed by atoms with E-state index in [4.69, 9.17) is 0 Å². The lowest BCUT2D eigenvalue weighted by Gasteiger charge is -2.38. The fraction of sp³-hybridized carbons (Fsp3) is 0.0857. The summed E-state index contributed by atoms with van der Waals surface area (Å²) in [4.78, 5) is 101. The first kappa shape index (κ1) is 33.2. The molecule has 0 atom stereocenters. The van der Waals surface area contributed by atoms with Crippen LogP contribution >= 0.6 is 0 Å². The molecule has 8 rings (SSSR count). The van der Waals surface area contributed by atoms with Crippen molar-refractivity contribution in [2.45, 2.75) is 17.8 Å². The maximum Gasteiger partial charge on any atom is 0.411 e. The van der Waals surface area contributed by atoms with Crippen molar-refractivity contribution in [2.24, 2.45) is 0 Å². The van der Waals surface area contributed by atoms with Gasteiger partial charge in [0.25, 0.3) is 22.2 Å². The van der Waals surface area contributed by atoms with Crippen LogP contribution in [0.25, 0.3) is 54.5 Å². The molecule has 53 heavy (non-hydrogen) atoms.